The van der Waals surface area contributed by atoms with Gasteiger partial charge in [-0.2, -0.15) is 0 Å². The largest absolute Gasteiger partial charge is 0.480 e. The van der Waals surface area contributed by atoms with Gasteiger partial charge in [0.2, 0.25) is 5.91 Å². The number of nitrogens with one attached hydrogen (secondary N) is 1. The average molecular weight is 326 g/mol. The molecule has 2 rings (SSSR count). The molecule has 23 heavy (non-hydrogen) atoms. The quantitative estimate of drug-likeness (QED) is 0.705. The number of likely N-dealkylation sites (N-methyl/N-ethyl adjacent to an activating group) is 2. The summed E-state index contributed by atoms with van der Waals surface area (Å²) in [5.41, 5.74) is 0. The predicted molar refractivity (Wildman–Crippen MR) is 84.1 cm³/mol. The molecular formula is C15H26N4O4. The summed E-state index contributed by atoms with van der Waals surface area (Å²) in [5.74, 6) is -0.842. The Labute approximate surface area is 136 Å². The van der Waals surface area contributed by atoms with Gasteiger partial charge in [0.05, 0.1) is 6.54 Å². The topological polar surface area (TPSA) is 93.2 Å². The first kappa shape index (κ1) is 17.5. The number of carbonyl (C=O) groups is 3. The van der Waals surface area contributed by atoms with Gasteiger partial charge in [0.1, 0.15) is 6.54 Å². The summed E-state index contributed by atoms with van der Waals surface area (Å²) < 4.78 is 0. The number of carboxylic acid groups (broad SMARTS) is 1. The van der Waals surface area contributed by atoms with E-state index in [-0.39, 0.29) is 37.1 Å². The Bertz CT molecular complexity index is 464. The highest BCUT2D eigenvalue weighted by molar-refractivity contribution is 5.85. The minimum absolute atomic E-state index is 0.0148. The van der Waals surface area contributed by atoms with Crippen LogP contribution < -0.4 is 5.32 Å². The lowest BCUT2D eigenvalue weighted by Crippen LogP contribution is -2.59. The first-order valence-corrected chi connectivity index (χ1v) is 8.23. The molecule has 1 aliphatic heterocycles. The minimum Gasteiger partial charge on any atom is -0.480 e. The van der Waals surface area contributed by atoms with E-state index in [0.717, 1.165) is 12.8 Å². The molecule has 1 aliphatic carbocycles. The highest BCUT2D eigenvalue weighted by Gasteiger charge is 2.36. The van der Waals surface area contributed by atoms with Crippen molar-refractivity contribution in [1.29, 1.82) is 0 Å². The number of hydrogen-bond acceptors (Lipinski definition) is 4. The molecule has 3 amide bonds. The third kappa shape index (κ3) is 4.34. The van der Waals surface area contributed by atoms with Gasteiger partial charge >= 0.3 is 12.0 Å². The van der Waals surface area contributed by atoms with Crippen molar-refractivity contribution < 1.29 is 19.5 Å². The van der Waals surface area contributed by atoms with Gasteiger partial charge in [0, 0.05) is 31.7 Å². The zero-order valence-corrected chi connectivity index (χ0v) is 13.8. The zero-order valence-electron chi connectivity index (χ0n) is 13.8. The lowest BCUT2D eigenvalue weighted by molar-refractivity contribution is -0.139. The number of rotatable bonds is 6. The van der Waals surface area contributed by atoms with Crippen molar-refractivity contribution in [3.8, 4) is 0 Å². The van der Waals surface area contributed by atoms with E-state index in [1.165, 1.54) is 0 Å². The van der Waals surface area contributed by atoms with Gasteiger partial charge < -0.3 is 20.2 Å². The second kappa shape index (κ2) is 7.63. The Hall–Kier alpha value is -1.83. The van der Waals surface area contributed by atoms with Crippen LogP contribution in [-0.4, -0.2) is 89.1 Å². The Morgan fingerprint density at radius 2 is 2.00 bits per heavy atom. The smallest absolute Gasteiger partial charge is 0.318 e. The van der Waals surface area contributed by atoms with Gasteiger partial charge in [-0.1, -0.05) is 6.92 Å². The number of nitrogens with zero attached hydrogens (tertiary/aromatic N) is 3. The number of carboxylic acids is 1. The lowest BCUT2D eigenvalue weighted by Gasteiger charge is -2.43. The molecule has 0 aromatic carbocycles. The molecule has 0 radical (unpaired) electrons. The van der Waals surface area contributed by atoms with Gasteiger partial charge in [0.25, 0.3) is 0 Å². The molecule has 2 aliphatic rings. The van der Waals surface area contributed by atoms with E-state index < -0.39 is 5.97 Å². The maximum Gasteiger partial charge on any atom is 0.318 e. The van der Waals surface area contributed by atoms with Gasteiger partial charge in [0.15, 0.2) is 0 Å². The molecule has 0 aromatic heterocycles. The number of urea groups is 1. The number of amides is 3. The zero-order chi connectivity index (χ0) is 17.0. The fraction of sp³-hybridized carbons (Fsp3) is 0.800. The van der Waals surface area contributed by atoms with Crippen molar-refractivity contribution in [3.63, 3.8) is 0 Å². The van der Waals surface area contributed by atoms with Gasteiger partial charge in [-0.05, 0) is 26.3 Å². The molecule has 0 spiro atoms. The van der Waals surface area contributed by atoms with E-state index in [1.807, 2.05) is 18.7 Å². The maximum atomic E-state index is 12.2. The normalized spacial score (nSPS) is 24.6. The molecule has 0 aromatic rings. The van der Waals surface area contributed by atoms with Crippen molar-refractivity contribution in [3.05, 3.63) is 0 Å². The molecule has 1 heterocycles. The molecule has 0 atom stereocenters. The summed E-state index contributed by atoms with van der Waals surface area (Å²) in [6.07, 6.45) is 1.52. The van der Waals surface area contributed by atoms with E-state index in [4.69, 9.17) is 5.11 Å². The summed E-state index contributed by atoms with van der Waals surface area (Å²) in [7, 11) is 0. The maximum absolute atomic E-state index is 12.2. The molecule has 2 fully saturated rings. The van der Waals surface area contributed by atoms with E-state index in [0.29, 0.717) is 26.2 Å². The molecule has 2 N–H and O–H groups in total. The van der Waals surface area contributed by atoms with Crippen LogP contribution in [0.4, 0.5) is 4.79 Å². The Morgan fingerprint density at radius 3 is 2.52 bits per heavy atom. The van der Waals surface area contributed by atoms with E-state index in [9.17, 15) is 14.4 Å². The average Bonchev–Trinajstić information content (AvgIpc) is 2.47. The van der Waals surface area contributed by atoms with Gasteiger partial charge in [-0.3, -0.25) is 14.5 Å². The van der Waals surface area contributed by atoms with E-state index in [1.54, 1.807) is 9.80 Å². The van der Waals surface area contributed by atoms with Crippen molar-refractivity contribution >= 4 is 17.9 Å². The molecule has 8 nitrogen and oxygen atoms in total. The summed E-state index contributed by atoms with van der Waals surface area (Å²) >= 11 is 0. The predicted octanol–water partition coefficient (Wildman–Crippen LogP) is -0.202. The van der Waals surface area contributed by atoms with Crippen LogP contribution in [-0.2, 0) is 9.59 Å². The SMILES string of the molecule is CCN1CCN(C(=O)NC2CC(N(CC)CC(=O)O)C2)CC1=O. The third-order valence-electron chi connectivity index (χ3n) is 4.69. The molecule has 1 saturated carbocycles. The van der Waals surface area contributed by atoms with Gasteiger partial charge in [-0.25, -0.2) is 4.79 Å². The highest BCUT2D eigenvalue weighted by atomic mass is 16.4. The Morgan fingerprint density at radius 1 is 1.30 bits per heavy atom. The number of aliphatic carboxylic acids is 1. The van der Waals surface area contributed by atoms with Gasteiger partial charge in [-0.15, -0.1) is 0 Å². The molecule has 0 unspecified atom stereocenters. The first-order chi connectivity index (χ1) is 10.9. The number of carbonyl (C=O) groups excluding carboxylic acids is 2. The molecular weight excluding hydrogens is 300 g/mol. The van der Waals surface area contributed by atoms with E-state index >= 15 is 0 Å². The fourth-order valence-corrected chi connectivity index (χ4v) is 3.16. The number of piperazine rings is 1. The highest BCUT2D eigenvalue weighted by Crippen LogP contribution is 2.25. The van der Waals surface area contributed by atoms with Crippen LogP contribution in [0.1, 0.15) is 26.7 Å². The van der Waals surface area contributed by atoms with Crippen LogP contribution in [0.25, 0.3) is 0 Å². The fourth-order valence-electron chi connectivity index (χ4n) is 3.16. The summed E-state index contributed by atoms with van der Waals surface area (Å²) in [6, 6.07) is 0.0773. The van der Waals surface area contributed by atoms with Crippen LogP contribution >= 0.6 is 0 Å². The summed E-state index contributed by atoms with van der Waals surface area (Å²) in [6.45, 7) is 6.54. The Kier molecular flexibility index (Phi) is 5.81. The van der Waals surface area contributed by atoms with Crippen LogP contribution in [0.3, 0.4) is 0 Å². The monoisotopic (exact) mass is 326 g/mol. The van der Waals surface area contributed by atoms with Crippen LogP contribution in [0.5, 0.6) is 0 Å². The third-order valence-corrected chi connectivity index (χ3v) is 4.69. The molecule has 1 saturated heterocycles. The summed E-state index contributed by atoms with van der Waals surface area (Å²) in [5, 5.41) is 11.8. The first-order valence-electron chi connectivity index (χ1n) is 8.23. The second-order valence-corrected chi connectivity index (χ2v) is 6.12. The van der Waals surface area contributed by atoms with E-state index in [2.05, 4.69) is 5.32 Å². The lowest BCUT2D eigenvalue weighted by atomic mass is 9.85. The summed E-state index contributed by atoms with van der Waals surface area (Å²) in [4.78, 5) is 40.1. The van der Waals surface area contributed by atoms with Crippen LogP contribution in [0.2, 0.25) is 0 Å². The van der Waals surface area contributed by atoms with Crippen molar-refractivity contribution in [2.75, 3.05) is 39.3 Å². The molecule has 130 valence electrons. The number of hydrogen-bond donors (Lipinski definition) is 2. The standard InChI is InChI=1S/C15H26N4O4/c1-3-17-5-6-19(9-13(17)20)15(23)16-11-7-12(8-11)18(4-2)10-14(21)22/h11-12H,3-10H2,1-2H3,(H,16,23)(H,21,22). The second-order valence-electron chi connectivity index (χ2n) is 6.12. The molecule has 0 bridgehead atoms. The molecule has 8 heteroatoms. The van der Waals surface area contributed by atoms with Crippen LogP contribution in [0.15, 0.2) is 0 Å². The van der Waals surface area contributed by atoms with Crippen molar-refractivity contribution in [2.45, 2.75) is 38.8 Å². The minimum atomic E-state index is -0.827. The van der Waals surface area contributed by atoms with Crippen LogP contribution in [0, 0.1) is 0 Å². The van der Waals surface area contributed by atoms with Crippen molar-refractivity contribution in [2.24, 2.45) is 0 Å². The van der Waals surface area contributed by atoms with Crippen molar-refractivity contribution in [1.82, 2.24) is 20.0 Å². The Balaban J connectivity index is 1.74.